The summed E-state index contributed by atoms with van der Waals surface area (Å²) in [5.74, 6) is 1.61. The van der Waals surface area contributed by atoms with Gasteiger partial charge in [0.15, 0.2) is 0 Å². The number of likely N-dealkylation sites (tertiary alicyclic amines) is 1. The summed E-state index contributed by atoms with van der Waals surface area (Å²) >= 11 is 0. The Morgan fingerprint density at radius 3 is 2.61 bits per heavy atom. The number of fused-ring (bicyclic) bond motifs is 1. The number of hydrogen-bond acceptors (Lipinski definition) is 2. The van der Waals surface area contributed by atoms with Gasteiger partial charge in [0, 0.05) is 18.2 Å². The van der Waals surface area contributed by atoms with Crippen molar-refractivity contribution in [3.05, 3.63) is 28.8 Å². The molecule has 1 aromatic carbocycles. The molecule has 2 aliphatic rings. The molecule has 0 bridgehead atoms. The summed E-state index contributed by atoms with van der Waals surface area (Å²) < 4.78 is 0. The average molecular weight is 244 g/mol. The van der Waals surface area contributed by atoms with Gasteiger partial charge in [-0.2, -0.15) is 0 Å². The van der Waals surface area contributed by atoms with Crippen molar-refractivity contribution in [3.63, 3.8) is 0 Å². The van der Waals surface area contributed by atoms with Crippen LogP contribution in [-0.4, -0.2) is 31.6 Å². The van der Waals surface area contributed by atoms with Crippen molar-refractivity contribution in [2.24, 2.45) is 5.92 Å². The van der Waals surface area contributed by atoms with Crippen LogP contribution in [0.25, 0.3) is 0 Å². The van der Waals surface area contributed by atoms with Gasteiger partial charge < -0.3 is 10.2 Å². The number of aryl methyl sites for hydroxylation is 2. The van der Waals surface area contributed by atoms with E-state index < -0.39 is 0 Å². The zero-order chi connectivity index (χ0) is 12.7. The van der Waals surface area contributed by atoms with E-state index >= 15 is 0 Å². The summed E-state index contributed by atoms with van der Waals surface area (Å²) in [6, 6.07) is 4.70. The number of anilines is 1. The SMILES string of the molecule is Cc1cc(C)c2c(c1)C(C1CCN(C)CC1)CN2. The highest BCUT2D eigenvalue weighted by Crippen LogP contribution is 2.42. The van der Waals surface area contributed by atoms with Gasteiger partial charge >= 0.3 is 0 Å². The molecule has 3 rings (SSSR count). The minimum absolute atomic E-state index is 0.743. The van der Waals surface area contributed by atoms with Gasteiger partial charge in [-0.25, -0.2) is 0 Å². The molecule has 1 aromatic rings. The van der Waals surface area contributed by atoms with Crippen LogP contribution < -0.4 is 5.32 Å². The van der Waals surface area contributed by atoms with Gasteiger partial charge in [-0.05, 0) is 63.9 Å². The Morgan fingerprint density at radius 2 is 1.89 bits per heavy atom. The van der Waals surface area contributed by atoms with Crippen LogP contribution in [0, 0.1) is 19.8 Å². The standard InChI is InChI=1S/C16H24N2/c1-11-8-12(2)16-14(9-11)15(10-17-16)13-4-6-18(3)7-5-13/h8-9,13,15,17H,4-7,10H2,1-3H3. The quantitative estimate of drug-likeness (QED) is 0.816. The molecule has 1 atom stereocenters. The van der Waals surface area contributed by atoms with Gasteiger partial charge in [-0.1, -0.05) is 17.7 Å². The normalized spacial score (nSPS) is 24.9. The Balaban J connectivity index is 1.86. The molecule has 18 heavy (non-hydrogen) atoms. The number of nitrogens with zero attached hydrogens (tertiary/aromatic N) is 1. The van der Waals surface area contributed by atoms with Crippen LogP contribution in [0.2, 0.25) is 0 Å². The second-order valence-electron chi connectivity index (χ2n) is 6.17. The van der Waals surface area contributed by atoms with E-state index in [2.05, 4.69) is 43.2 Å². The van der Waals surface area contributed by atoms with Gasteiger partial charge in [0.1, 0.15) is 0 Å². The number of piperidine rings is 1. The fourth-order valence-corrected chi connectivity index (χ4v) is 3.71. The number of hydrogen-bond donors (Lipinski definition) is 1. The third-order valence-corrected chi connectivity index (χ3v) is 4.74. The molecule has 2 aliphatic heterocycles. The molecule has 2 nitrogen and oxygen atoms in total. The van der Waals surface area contributed by atoms with Crippen molar-refractivity contribution in [1.29, 1.82) is 0 Å². The molecule has 2 heteroatoms. The lowest BCUT2D eigenvalue weighted by Gasteiger charge is -2.32. The fourth-order valence-electron chi connectivity index (χ4n) is 3.71. The number of benzene rings is 1. The topological polar surface area (TPSA) is 15.3 Å². The van der Waals surface area contributed by atoms with Gasteiger partial charge in [0.05, 0.1) is 0 Å². The predicted octanol–water partition coefficient (Wildman–Crippen LogP) is 3.15. The Labute approximate surface area is 110 Å². The maximum Gasteiger partial charge on any atom is 0.0406 e. The first-order valence-corrected chi connectivity index (χ1v) is 7.18. The highest BCUT2D eigenvalue weighted by atomic mass is 15.1. The van der Waals surface area contributed by atoms with E-state index in [0.717, 1.165) is 18.4 Å². The Hall–Kier alpha value is -1.02. The molecule has 0 spiro atoms. The average Bonchev–Trinajstić information content (AvgIpc) is 2.74. The lowest BCUT2D eigenvalue weighted by atomic mass is 9.80. The summed E-state index contributed by atoms with van der Waals surface area (Å²) in [5.41, 5.74) is 5.83. The van der Waals surface area contributed by atoms with E-state index in [1.807, 2.05) is 0 Å². The van der Waals surface area contributed by atoms with Gasteiger partial charge in [0.25, 0.3) is 0 Å². The van der Waals surface area contributed by atoms with Crippen molar-refractivity contribution in [1.82, 2.24) is 4.90 Å². The van der Waals surface area contributed by atoms with Crippen molar-refractivity contribution < 1.29 is 0 Å². The van der Waals surface area contributed by atoms with Gasteiger partial charge in [0.2, 0.25) is 0 Å². The maximum atomic E-state index is 3.64. The fraction of sp³-hybridized carbons (Fsp3) is 0.625. The third-order valence-electron chi connectivity index (χ3n) is 4.74. The van der Waals surface area contributed by atoms with Crippen molar-refractivity contribution in [3.8, 4) is 0 Å². The molecule has 2 heterocycles. The minimum Gasteiger partial charge on any atom is -0.384 e. The lowest BCUT2D eigenvalue weighted by Crippen LogP contribution is -2.33. The zero-order valence-electron chi connectivity index (χ0n) is 11.8. The number of nitrogens with one attached hydrogen (secondary N) is 1. The molecule has 0 aliphatic carbocycles. The first-order valence-electron chi connectivity index (χ1n) is 7.18. The summed E-state index contributed by atoms with van der Waals surface area (Å²) in [6.45, 7) is 8.13. The molecule has 0 amide bonds. The van der Waals surface area contributed by atoms with Crippen molar-refractivity contribution >= 4 is 5.69 Å². The summed E-state index contributed by atoms with van der Waals surface area (Å²) in [5, 5.41) is 3.64. The Kier molecular flexibility index (Phi) is 3.06. The van der Waals surface area contributed by atoms with E-state index in [0.29, 0.717) is 0 Å². The van der Waals surface area contributed by atoms with Crippen molar-refractivity contribution in [2.75, 3.05) is 32.0 Å². The molecule has 0 radical (unpaired) electrons. The molecule has 1 saturated heterocycles. The highest BCUT2D eigenvalue weighted by molar-refractivity contribution is 5.64. The van der Waals surface area contributed by atoms with Crippen LogP contribution in [0.4, 0.5) is 5.69 Å². The van der Waals surface area contributed by atoms with E-state index in [4.69, 9.17) is 0 Å². The second kappa shape index (κ2) is 4.58. The van der Waals surface area contributed by atoms with Gasteiger partial charge in [-0.15, -0.1) is 0 Å². The molecule has 0 saturated carbocycles. The highest BCUT2D eigenvalue weighted by Gasteiger charge is 2.32. The van der Waals surface area contributed by atoms with E-state index in [-0.39, 0.29) is 0 Å². The Morgan fingerprint density at radius 1 is 1.17 bits per heavy atom. The Bertz CT molecular complexity index is 445. The summed E-state index contributed by atoms with van der Waals surface area (Å²) in [7, 11) is 2.24. The molecule has 1 fully saturated rings. The molecule has 1 N–H and O–H groups in total. The van der Waals surface area contributed by atoms with E-state index in [1.165, 1.54) is 42.7 Å². The molecule has 98 valence electrons. The molecular formula is C16H24N2. The monoisotopic (exact) mass is 244 g/mol. The first-order chi connectivity index (χ1) is 8.65. The van der Waals surface area contributed by atoms with Crippen LogP contribution in [-0.2, 0) is 0 Å². The summed E-state index contributed by atoms with van der Waals surface area (Å²) in [4.78, 5) is 2.46. The van der Waals surface area contributed by atoms with Crippen LogP contribution >= 0.6 is 0 Å². The molecule has 1 unspecified atom stereocenters. The lowest BCUT2D eigenvalue weighted by molar-refractivity contribution is 0.202. The van der Waals surface area contributed by atoms with Crippen LogP contribution in [0.15, 0.2) is 12.1 Å². The van der Waals surface area contributed by atoms with Crippen LogP contribution in [0.5, 0.6) is 0 Å². The van der Waals surface area contributed by atoms with Crippen LogP contribution in [0.3, 0.4) is 0 Å². The minimum atomic E-state index is 0.743. The first kappa shape index (κ1) is 12.0. The smallest absolute Gasteiger partial charge is 0.0406 e. The number of rotatable bonds is 1. The van der Waals surface area contributed by atoms with Crippen molar-refractivity contribution in [2.45, 2.75) is 32.6 Å². The third kappa shape index (κ3) is 2.03. The molecule has 0 aromatic heterocycles. The second-order valence-corrected chi connectivity index (χ2v) is 6.17. The largest absolute Gasteiger partial charge is 0.384 e. The van der Waals surface area contributed by atoms with Crippen LogP contribution in [0.1, 0.15) is 35.4 Å². The maximum absolute atomic E-state index is 3.64. The van der Waals surface area contributed by atoms with E-state index in [9.17, 15) is 0 Å². The van der Waals surface area contributed by atoms with Gasteiger partial charge in [-0.3, -0.25) is 0 Å². The molecular weight excluding hydrogens is 220 g/mol. The zero-order valence-corrected chi connectivity index (χ0v) is 11.8. The predicted molar refractivity (Wildman–Crippen MR) is 77.4 cm³/mol. The van der Waals surface area contributed by atoms with E-state index in [1.54, 1.807) is 5.56 Å². The summed E-state index contributed by atoms with van der Waals surface area (Å²) in [6.07, 6.45) is 2.71.